The van der Waals surface area contributed by atoms with Crippen LogP contribution in [0, 0.1) is 0 Å². The third-order valence-electron chi connectivity index (χ3n) is 3.89. The van der Waals surface area contributed by atoms with Gasteiger partial charge in [0.2, 0.25) is 0 Å². The Hall–Kier alpha value is -0.600. The number of hydrogen-bond donors (Lipinski definition) is 9. The summed E-state index contributed by atoms with van der Waals surface area (Å²) in [6.45, 7) is 10.8. The Balaban J connectivity index is -0.000000221. The molecule has 0 aliphatic carbocycles. The monoisotopic (exact) mass is 598 g/mol. The van der Waals surface area contributed by atoms with E-state index in [9.17, 15) is 5.11 Å². The van der Waals surface area contributed by atoms with Gasteiger partial charge in [0, 0.05) is 26.4 Å². The Morgan fingerprint density at radius 1 is 0.350 bits per heavy atom. The zero-order chi connectivity index (χ0) is 31.4. The number of aliphatic hydroxyl groups is 9. The molecule has 0 radical (unpaired) electrons. The Labute approximate surface area is 238 Å². The highest BCUT2D eigenvalue weighted by atomic mass is 16.5. The van der Waals surface area contributed by atoms with Gasteiger partial charge in [-0.3, -0.25) is 0 Å². The van der Waals surface area contributed by atoms with Crippen molar-refractivity contribution in [2.75, 3.05) is 106 Å². The fourth-order valence-electron chi connectivity index (χ4n) is 1.84. The molecular formula is C25H58O15. The van der Waals surface area contributed by atoms with Gasteiger partial charge in [-0.15, -0.1) is 0 Å². The summed E-state index contributed by atoms with van der Waals surface area (Å²) in [6.07, 6.45) is -3.74. The normalized spacial score (nSPS) is 14.3. The molecule has 0 fully saturated rings. The van der Waals surface area contributed by atoms with E-state index in [2.05, 4.69) is 0 Å². The number of ether oxygens (including phenoxy) is 6. The SMILES string of the molecule is CCOCC(O)CO.CCOCC(O)CO.CCOCC(O)COCC(O)CO.CCOCCOCC(O)CO. The maximum Gasteiger partial charge on any atom is 0.101 e. The summed E-state index contributed by atoms with van der Waals surface area (Å²) in [5.41, 5.74) is 0. The van der Waals surface area contributed by atoms with Crippen LogP contribution in [0.5, 0.6) is 0 Å². The summed E-state index contributed by atoms with van der Waals surface area (Å²) in [7, 11) is 0. The van der Waals surface area contributed by atoms with Gasteiger partial charge in [-0.1, -0.05) is 0 Å². The van der Waals surface area contributed by atoms with Crippen LogP contribution < -0.4 is 0 Å². The summed E-state index contributed by atoms with van der Waals surface area (Å²) in [5, 5.41) is 77.3. The van der Waals surface area contributed by atoms with Gasteiger partial charge in [0.05, 0.1) is 79.3 Å². The van der Waals surface area contributed by atoms with Gasteiger partial charge >= 0.3 is 0 Å². The van der Waals surface area contributed by atoms with Crippen molar-refractivity contribution in [3.8, 4) is 0 Å². The van der Waals surface area contributed by atoms with E-state index in [1.165, 1.54) is 0 Å². The highest BCUT2D eigenvalue weighted by Crippen LogP contribution is 1.90. The first kappa shape index (κ1) is 46.4. The van der Waals surface area contributed by atoms with Crippen LogP contribution in [0.4, 0.5) is 0 Å². The molecule has 40 heavy (non-hydrogen) atoms. The minimum Gasteiger partial charge on any atom is -0.394 e. The average Bonchev–Trinajstić information content (AvgIpc) is 2.97. The molecule has 0 saturated heterocycles. The molecule has 0 aromatic carbocycles. The minimum absolute atomic E-state index is 0.0275. The molecule has 15 heteroatoms. The Morgan fingerprint density at radius 3 is 0.925 bits per heavy atom. The maximum atomic E-state index is 9.17. The van der Waals surface area contributed by atoms with Crippen molar-refractivity contribution in [1.29, 1.82) is 0 Å². The van der Waals surface area contributed by atoms with Crippen molar-refractivity contribution in [2.24, 2.45) is 0 Å². The van der Waals surface area contributed by atoms with Crippen molar-refractivity contribution in [2.45, 2.75) is 58.2 Å². The second kappa shape index (κ2) is 40.5. The fraction of sp³-hybridized carbons (Fsp3) is 1.00. The molecule has 0 aliphatic heterocycles. The summed E-state index contributed by atoms with van der Waals surface area (Å²) in [4.78, 5) is 0. The number of hydrogen-bond acceptors (Lipinski definition) is 15. The predicted octanol–water partition coefficient (Wildman–Crippen LogP) is -3.10. The zero-order valence-electron chi connectivity index (χ0n) is 24.7. The van der Waals surface area contributed by atoms with Crippen molar-refractivity contribution >= 4 is 0 Å². The summed E-state index contributed by atoms with van der Waals surface area (Å²) < 4.78 is 29.3. The van der Waals surface area contributed by atoms with Gasteiger partial charge in [0.15, 0.2) is 0 Å². The molecule has 0 heterocycles. The highest BCUT2D eigenvalue weighted by Gasteiger charge is 2.06. The van der Waals surface area contributed by atoms with E-state index in [0.717, 1.165) is 0 Å². The molecule has 9 N–H and O–H groups in total. The van der Waals surface area contributed by atoms with Crippen LogP contribution >= 0.6 is 0 Å². The van der Waals surface area contributed by atoms with Crippen molar-refractivity contribution in [3.63, 3.8) is 0 Å². The second-order valence-corrected chi connectivity index (χ2v) is 7.79. The first-order valence-electron chi connectivity index (χ1n) is 13.4. The lowest BCUT2D eigenvalue weighted by molar-refractivity contribution is -0.0465. The second-order valence-electron chi connectivity index (χ2n) is 7.79. The third kappa shape index (κ3) is 47.2. The first-order chi connectivity index (χ1) is 19.1. The smallest absolute Gasteiger partial charge is 0.101 e. The van der Waals surface area contributed by atoms with Gasteiger partial charge in [-0.05, 0) is 27.7 Å². The van der Waals surface area contributed by atoms with Gasteiger partial charge in [-0.25, -0.2) is 0 Å². The molecule has 0 aliphatic rings. The van der Waals surface area contributed by atoms with Crippen molar-refractivity contribution in [1.82, 2.24) is 0 Å². The molecule has 0 aromatic rings. The number of aliphatic hydroxyl groups excluding tert-OH is 9. The molecule has 0 rings (SSSR count). The zero-order valence-corrected chi connectivity index (χ0v) is 24.7. The summed E-state index contributed by atoms with van der Waals surface area (Å²) >= 11 is 0. The van der Waals surface area contributed by atoms with E-state index >= 15 is 0 Å². The summed E-state index contributed by atoms with van der Waals surface area (Å²) in [6, 6.07) is 0. The molecule has 5 atom stereocenters. The van der Waals surface area contributed by atoms with Crippen LogP contribution in [0.15, 0.2) is 0 Å². The van der Waals surface area contributed by atoms with E-state index in [-0.39, 0.29) is 66.1 Å². The van der Waals surface area contributed by atoms with Gasteiger partial charge < -0.3 is 74.4 Å². The third-order valence-corrected chi connectivity index (χ3v) is 3.89. The standard InChI is InChI=1S/C8H18O5.C7H16O4.2C5H12O3/c1-2-12-5-8(11)6-13-4-7(10)3-9;1-2-10-3-4-11-6-7(9)5-8;2*1-2-8-4-5(7)3-6/h7-11H,2-6H2,1H3;7-9H,2-6H2,1H3;2*5-7H,2-4H2,1H3. The molecular weight excluding hydrogens is 540 g/mol. The molecule has 0 amide bonds. The van der Waals surface area contributed by atoms with Crippen molar-refractivity contribution in [3.05, 3.63) is 0 Å². The molecule has 248 valence electrons. The topological polar surface area (TPSA) is 237 Å². The van der Waals surface area contributed by atoms with Crippen LogP contribution in [0.3, 0.4) is 0 Å². The van der Waals surface area contributed by atoms with Crippen molar-refractivity contribution < 1.29 is 74.4 Å². The molecule has 0 aromatic heterocycles. The van der Waals surface area contributed by atoms with Gasteiger partial charge in [-0.2, -0.15) is 0 Å². The minimum atomic E-state index is -0.876. The quantitative estimate of drug-likeness (QED) is 0.0530. The van der Waals surface area contributed by atoms with E-state index in [4.69, 9.17) is 69.3 Å². The van der Waals surface area contributed by atoms with Gasteiger partial charge in [0.1, 0.15) is 30.5 Å². The maximum absolute atomic E-state index is 9.17. The van der Waals surface area contributed by atoms with E-state index in [0.29, 0.717) is 39.6 Å². The summed E-state index contributed by atoms with van der Waals surface area (Å²) in [5.74, 6) is 0. The van der Waals surface area contributed by atoms with E-state index in [1.54, 1.807) is 0 Å². The van der Waals surface area contributed by atoms with Crippen LogP contribution in [0.2, 0.25) is 0 Å². The lowest BCUT2D eigenvalue weighted by Crippen LogP contribution is -2.26. The Morgan fingerprint density at radius 2 is 0.600 bits per heavy atom. The van der Waals surface area contributed by atoms with Crippen LogP contribution in [-0.4, -0.2) is 182 Å². The predicted molar refractivity (Wildman–Crippen MR) is 146 cm³/mol. The highest BCUT2D eigenvalue weighted by molar-refractivity contribution is 4.54. The average molecular weight is 599 g/mol. The molecule has 0 saturated carbocycles. The first-order valence-corrected chi connectivity index (χ1v) is 13.4. The lowest BCUT2D eigenvalue weighted by atomic mass is 10.4. The molecule has 0 spiro atoms. The molecule has 15 nitrogen and oxygen atoms in total. The van der Waals surface area contributed by atoms with Gasteiger partial charge in [0.25, 0.3) is 0 Å². The lowest BCUT2D eigenvalue weighted by Gasteiger charge is -2.12. The Kier molecular flexibility index (Phi) is 47.0. The van der Waals surface area contributed by atoms with E-state index < -0.39 is 30.5 Å². The van der Waals surface area contributed by atoms with E-state index in [1.807, 2.05) is 27.7 Å². The number of rotatable bonds is 23. The molecule has 0 bridgehead atoms. The van der Waals surface area contributed by atoms with Crippen LogP contribution in [0.1, 0.15) is 27.7 Å². The largest absolute Gasteiger partial charge is 0.394 e. The molecule has 5 unspecified atom stereocenters. The van der Waals surface area contributed by atoms with Crippen LogP contribution in [0.25, 0.3) is 0 Å². The Bertz CT molecular complexity index is 410. The fourth-order valence-corrected chi connectivity index (χ4v) is 1.84. The van der Waals surface area contributed by atoms with Crippen LogP contribution in [-0.2, 0) is 28.4 Å².